The summed E-state index contributed by atoms with van der Waals surface area (Å²) < 4.78 is 10.4. The van der Waals surface area contributed by atoms with Crippen molar-refractivity contribution < 1.29 is 18.8 Å². The molecule has 0 amide bonds. The molecule has 0 aliphatic carbocycles. The molecule has 0 saturated heterocycles. The number of carbonyl (C=O) groups is 1. The third-order valence-corrected chi connectivity index (χ3v) is 3.05. The standard InChI is InChI=1S/C13H21NO3/c1-5-14(6-2)10(4)11-8-9-12(17-11)13(15)16-7-3/h8-10H,5-7H2,1-4H3/p+1/t10-/m1/s1. The molecule has 0 aromatic carbocycles. The van der Waals surface area contributed by atoms with Crippen molar-refractivity contribution >= 4 is 5.97 Å². The maximum Gasteiger partial charge on any atom is 0.374 e. The van der Waals surface area contributed by atoms with Gasteiger partial charge in [-0.15, -0.1) is 0 Å². The van der Waals surface area contributed by atoms with Gasteiger partial charge in [0.15, 0.2) is 5.76 Å². The molecule has 1 aromatic rings. The van der Waals surface area contributed by atoms with Gasteiger partial charge in [0, 0.05) is 0 Å². The Labute approximate surface area is 103 Å². The second-order valence-electron chi connectivity index (χ2n) is 4.01. The smallest absolute Gasteiger partial charge is 0.374 e. The number of quaternary nitrogens is 1. The lowest BCUT2D eigenvalue weighted by molar-refractivity contribution is -0.927. The third-order valence-electron chi connectivity index (χ3n) is 3.05. The van der Waals surface area contributed by atoms with Gasteiger partial charge in [0.05, 0.1) is 19.7 Å². The highest BCUT2D eigenvalue weighted by Gasteiger charge is 2.21. The predicted octanol–water partition coefficient (Wildman–Crippen LogP) is 1.44. The maximum absolute atomic E-state index is 11.5. The lowest BCUT2D eigenvalue weighted by Gasteiger charge is -2.21. The molecule has 0 aliphatic rings. The largest absolute Gasteiger partial charge is 0.460 e. The summed E-state index contributed by atoms with van der Waals surface area (Å²) in [5.74, 6) is 0.743. The number of nitrogens with one attached hydrogen (secondary N) is 1. The minimum Gasteiger partial charge on any atom is -0.460 e. The van der Waals surface area contributed by atoms with Crippen LogP contribution in [0, 0.1) is 0 Å². The summed E-state index contributed by atoms with van der Waals surface area (Å²) in [6.07, 6.45) is 0. The molecule has 1 rings (SSSR count). The highest BCUT2D eigenvalue weighted by Crippen LogP contribution is 2.14. The number of hydrogen-bond acceptors (Lipinski definition) is 3. The quantitative estimate of drug-likeness (QED) is 0.765. The summed E-state index contributed by atoms with van der Waals surface area (Å²) in [4.78, 5) is 12.9. The molecule has 0 fully saturated rings. The van der Waals surface area contributed by atoms with E-state index in [9.17, 15) is 4.79 Å². The number of hydrogen-bond donors (Lipinski definition) is 1. The monoisotopic (exact) mass is 240 g/mol. The van der Waals surface area contributed by atoms with Gasteiger partial charge in [0.25, 0.3) is 0 Å². The first-order valence-corrected chi connectivity index (χ1v) is 6.25. The van der Waals surface area contributed by atoms with Gasteiger partial charge >= 0.3 is 5.97 Å². The number of carbonyl (C=O) groups excluding carboxylic acids is 1. The molecule has 4 nitrogen and oxygen atoms in total. The van der Waals surface area contributed by atoms with Gasteiger partial charge in [0.1, 0.15) is 6.04 Å². The first-order chi connectivity index (χ1) is 8.13. The summed E-state index contributed by atoms with van der Waals surface area (Å²) in [5, 5.41) is 0. The third kappa shape index (κ3) is 3.33. The second-order valence-corrected chi connectivity index (χ2v) is 4.01. The fraction of sp³-hybridized carbons (Fsp3) is 0.615. The summed E-state index contributed by atoms with van der Waals surface area (Å²) >= 11 is 0. The van der Waals surface area contributed by atoms with Crippen molar-refractivity contribution in [3.05, 3.63) is 23.7 Å². The van der Waals surface area contributed by atoms with E-state index in [1.807, 2.05) is 6.07 Å². The zero-order valence-corrected chi connectivity index (χ0v) is 11.1. The molecule has 4 heteroatoms. The fourth-order valence-corrected chi connectivity index (χ4v) is 1.96. The Morgan fingerprint density at radius 2 is 2.00 bits per heavy atom. The first kappa shape index (κ1) is 13.8. The van der Waals surface area contributed by atoms with E-state index >= 15 is 0 Å². The van der Waals surface area contributed by atoms with Crippen molar-refractivity contribution in [1.29, 1.82) is 0 Å². The average molecular weight is 240 g/mol. The van der Waals surface area contributed by atoms with Crippen molar-refractivity contribution in [1.82, 2.24) is 0 Å². The molecular weight excluding hydrogens is 218 g/mol. The van der Waals surface area contributed by atoms with Crippen LogP contribution in [0.15, 0.2) is 16.5 Å². The van der Waals surface area contributed by atoms with Gasteiger partial charge in [0.2, 0.25) is 5.76 Å². The van der Waals surface area contributed by atoms with Crippen LogP contribution in [0.1, 0.15) is 50.1 Å². The van der Waals surface area contributed by atoms with Crippen LogP contribution in [-0.4, -0.2) is 25.7 Å². The maximum atomic E-state index is 11.5. The summed E-state index contributed by atoms with van der Waals surface area (Å²) in [5.41, 5.74) is 0. The van der Waals surface area contributed by atoms with Crippen LogP contribution in [0.25, 0.3) is 0 Å². The minimum atomic E-state index is -0.388. The van der Waals surface area contributed by atoms with Crippen LogP contribution in [0.5, 0.6) is 0 Å². The van der Waals surface area contributed by atoms with E-state index in [0.29, 0.717) is 12.4 Å². The van der Waals surface area contributed by atoms with E-state index in [0.717, 1.165) is 18.8 Å². The molecule has 96 valence electrons. The van der Waals surface area contributed by atoms with E-state index in [1.165, 1.54) is 4.90 Å². The van der Waals surface area contributed by atoms with Crippen LogP contribution in [0.2, 0.25) is 0 Å². The Morgan fingerprint density at radius 1 is 1.35 bits per heavy atom. The van der Waals surface area contributed by atoms with Gasteiger partial charge in [-0.2, -0.15) is 0 Å². The van der Waals surface area contributed by atoms with E-state index in [4.69, 9.17) is 9.15 Å². The van der Waals surface area contributed by atoms with E-state index in [-0.39, 0.29) is 12.0 Å². The Hall–Kier alpha value is -1.29. The number of esters is 1. The molecule has 1 aromatic heterocycles. The summed E-state index contributed by atoms with van der Waals surface area (Å²) in [6.45, 7) is 10.6. The van der Waals surface area contributed by atoms with Gasteiger partial charge in [-0.25, -0.2) is 4.79 Å². The molecule has 1 N–H and O–H groups in total. The van der Waals surface area contributed by atoms with Crippen LogP contribution < -0.4 is 4.90 Å². The van der Waals surface area contributed by atoms with E-state index in [2.05, 4.69) is 20.8 Å². The van der Waals surface area contributed by atoms with Gasteiger partial charge in [-0.05, 0) is 39.8 Å². The predicted molar refractivity (Wildman–Crippen MR) is 65.1 cm³/mol. The van der Waals surface area contributed by atoms with Crippen LogP contribution >= 0.6 is 0 Å². The lowest BCUT2D eigenvalue weighted by atomic mass is 10.2. The second kappa shape index (κ2) is 6.45. The molecule has 0 radical (unpaired) electrons. The van der Waals surface area contributed by atoms with Crippen molar-refractivity contribution in [3.8, 4) is 0 Å². The molecule has 0 bridgehead atoms. The van der Waals surface area contributed by atoms with Crippen molar-refractivity contribution in [2.45, 2.75) is 33.7 Å². The van der Waals surface area contributed by atoms with Crippen LogP contribution in [0.3, 0.4) is 0 Å². The van der Waals surface area contributed by atoms with Gasteiger partial charge < -0.3 is 14.1 Å². The molecule has 1 atom stereocenters. The topological polar surface area (TPSA) is 43.9 Å². The normalized spacial score (nSPS) is 12.8. The first-order valence-electron chi connectivity index (χ1n) is 6.25. The molecule has 0 saturated carbocycles. The van der Waals surface area contributed by atoms with Gasteiger partial charge in [-0.1, -0.05) is 0 Å². The van der Waals surface area contributed by atoms with Crippen molar-refractivity contribution in [2.24, 2.45) is 0 Å². The van der Waals surface area contributed by atoms with Gasteiger partial charge in [-0.3, -0.25) is 0 Å². The summed E-state index contributed by atoms with van der Waals surface area (Å²) in [7, 11) is 0. The highest BCUT2D eigenvalue weighted by atomic mass is 16.5. The fourth-order valence-electron chi connectivity index (χ4n) is 1.96. The number of ether oxygens (including phenoxy) is 1. The SMILES string of the molecule is CCOC(=O)c1ccc([C@@H](C)[NH+](CC)CC)o1. The molecule has 0 aliphatic heterocycles. The molecule has 0 spiro atoms. The number of rotatable bonds is 6. The summed E-state index contributed by atoms with van der Waals surface area (Å²) in [6, 6.07) is 3.81. The van der Waals surface area contributed by atoms with Crippen molar-refractivity contribution in [3.63, 3.8) is 0 Å². The lowest BCUT2D eigenvalue weighted by Crippen LogP contribution is -3.11. The van der Waals surface area contributed by atoms with Crippen LogP contribution in [-0.2, 0) is 4.74 Å². The zero-order valence-electron chi connectivity index (χ0n) is 11.1. The Morgan fingerprint density at radius 3 is 2.53 bits per heavy atom. The van der Waals surface area contributed by atoms with Crippen LogP contribution in [0.4, 0.5) is 0 Å². The molecule has 0 unspecified atom stereocenters. The minimum absolute atomic E-state index is 0.258. The molecule has 1 heterocycles. The van der Waals surface area contributed by atoms with Crippen molar-refractivity contribution in [2.75, 3.05) is 19.7 Å². The molecular formula is C13H22NO3+. The number of furan rings is 1. The van der Waals surface area contributed by atoms with E-state index < -0.39 is 0 Å². The highest BCUT2D eigenvalue weighted by molar-refractivity contribution is 5.86. The Balaban J connectivity index is 2.76. The molecule has 17 heavy (non-hydrogen) atoms. The Kier molecular flexibility index (Phi) is 5.22. The Bertz CT molecular complexity index is 355. The average Bonchev–Trinajstić information content (AvgIpc) is 2.80. The zero-order chi connectivity index (χ0) is 12.8. The van der Waals surface area contributed by atoms with E-state index in [1.54, 1.807) is 13.0 Å².